The maximum Gasteiger partial charge on any atom is 0.158 e. The van der Waals surface area contributed by atoms with Crippen LogP contribution in [0.25, 0.3) is 0 Å². The average molecular weight is 206 g/mol. The normalized spacial score (nSPS) is 37.3. The maximum absolute atomic E-state index is 11.5. The molecule has 0 radical (unpaired) electrons. The first-order valence-corrected chi connectivity index (χ1v) is 5.41. The largest absolute Gasteiger partial charge is 0.381 e. The summed E-state index contributed by atoms with van der Waals surface area (Å²) in [4.78, 5) is 11.5. The lowest BCUT2D eigenvalue weighted by Crippen LogP contribution is -2.48. The first-order valence-electron chi connectivity index (χ1n) is 5.41. The molecule has 2 nitrogen and oxygen atoms in total. The molecule has 0 saturated carbocycles. The fourth-order valence-electron chi connectivity index (χ4n) is 3.20. The van der Waals surface area contributed by atoms with Gasteiger partial charge in [-0.2, -0.15) is 0 Å². The van der Waals surface area contributed by atoms with E-state index in [1.54, 1.807) is 0 Å². The molecule has 82 valence electrons. The molecule has 3 aliphatic rings. The molecule has 0 aromatic rings. The van der Waals surface area contributed by atoms with Crippen LogP contribution in [0.1, 0.15) is 34.1 Å². The Hall–Kier alpha value is -0.890. The molecule has 3 rings (SSSR count). The number of carbonyl (C=O) groups is 1. The highest BCUT2D eigenvalue weighted by Crippen LogP contribution is 2.52. The van der Waals surface area contributed by atoms with E-state index in [-0.39, 0.29) is 11.2 Å². The minimum absolute atomic E-state index is 0.0123. The number of hydrogen-bond donors (Lipinski definition) is 1. The lowest BCUT2D eigenvalue weighted by molar-refractivity contribution is -0.116. The van der Waals surface area contributed by atoms with E-state index in [2.05, 4.69) is 13.8 Å². The fraction of sp³-hybridized carbons (Fsp3) is 0.615. The van der Waals surface area contributed by atoms with Gasteiger partial charge in [0.15, 0.2) is 5.78 Å². The Morgan fingerprint density at radius 3 is 2.53 bits per heavy atom. The van der Waals surface area contributed by atoms with Gasteiger partial charge in [-0.25, -0.2) is 0 Å². The molecule has 2 atom stereocenters. The third-order valence-corrected chi connectivity index (χ3v) is 3.70. The quantitative estimate of drug-likeness (QED) is 0.668. The van der Waals surface area contributed by atoms with Crippen molar-refractivity contribution < 1.29 is 9.90 Å². The molecule has 3 aliphatic carbocycles. The number of ketones is 1. The Kier molecular flexibility index (Phi) is 2.00. The highest BCUT2D eigenvalue weighted by Gasteiger charge is 2.49. The molecule has 0 spiro atoms. The number of Topliss-reactive ketones (excluding diaryl/α,β-unsaturated/α-hetero) is 1. The molecule has 0 aliphatic heterocycles. The van der Waals surface area contributed by atoms with Gasteiger partial charge in [0.2, 0.25) is 0 Å². The Bertz CT molecular complexity index is 387. The molecular weight excluding hydrogens is 188 g/mol. The van der Waals surface area contributed by atoms with Gasteiger partial charge >= 0.3 is 0 Å². The Balaban J connectivity index is 2.55. The van der Waals surface area contributed by atoms with Gasteiger partial charge in [-0.05, 0) is 31.8 Å². The Morgan fingerprint density at radius 2 is 2.13 bits per heavy atom. The van der Waals surface area contributed by atoms with Crippen LogP contribution in [-0.4, -0.2) is 16.5 Å². The molecule has 15 heavy (non-hydrogen) atoms. The molecule has 0 fully saturated rings. The van der Waals surface area contributed by atoms with Gasteiger partial charge in [-0.1, -0.05) is 25.5 Å². The van der Waals surface area contributed by atoms with Crippen LogP contribution in [0.3, 0.4) is 0 Å². The Morgan fingerprint density at radius 1 is 1.53 bits per heavy atom. The van der Waals surface area contributed by atoms with E-state index in [9.17, 15) is 9.90 Å². The predicted octanol–water partition coefficient (Wildman–Crippen LogP) is 2.24. The van der Waals surface area contributed by atoms with Crippen LogP contribution in [0.4, 0.5) is 0 Å². The zero-order valence-corrected chi connectivity index (χ0v) is 9.79. The van der Waals surface area contributed by atoms with E-state index in [0.717, 1.165) is 0 Å². The van der Waals surface area contributed by atoms with Crippen LogP contribution in [-0.2, 0) is 4.79 Å². The highest BCUT2D eigenvalue weighted by molar-refractivity contribution is 5.96. The molecule has 0 aromatic heterocycles. The molecule has 2 heteroatoms. The van der Waals surface area contributed by atoms with Crippen molar-refractivity contribution in [3.63, 3.8) is 0 Å². The van der Waals surface area contributed by atoms with Crippen molar-refractivity contribution in [2.24, 2.45) is 11.3 Å². The summed E-state index contributed by atoms with van der Waals surface area (Å²) in [6.45, 7) is 7.85. The first kappa shape index (κ1) is 10.6. The summed E-state index contributed by atoms with van der Waals surface area (Å²) in [6, 6.07) is 0. The van der Waals surface area contributed by atoms with E-state index in [1.807, 2.05) is 19.1 Å². The van der Waals surface area contributed by atoms with Crippen molar-refractivity contribution in [3.05, 3.63) is 23.3 Å². The molecular formula is C13H18O2. The van der Waals surface area contributed by atoms with Gasteiger partial charge in [0.25, 0.3) is 0 Å². The van der Waals surface area contributed by atoms with Crippen molar-refractivity contribution >= 4 is 5.78 Å². The smallest absolute Gasteiger partial charge is 0.158 e. The lowest BCUT2D eigenvalue weighted by atomic mass is 9.57. The van der Waals surface area contributed by atoms with E-state index >= 15 is 0 Å². The number of allylic oxidation sites excluding steroid dienone is 2. The lowest BCUT2D eigenvalue weighted by Gasteiger charge is -2.49. The van der Waals surface area contributed by atoms with Crippen LogP contribution in [0.5, 0.6) is 0 Å². The Labute approximate surface area is 90.7 Å². The third-order valence-electron chi connectivity index (χ3n) is 3.70. The zero-order chi connectivity index (χ0) is 11.4. The summed E-state index contributed by atoms with van der Waals surface area (Å²) < 4.78 is 0. The zero-order valence-electron chi connectivity index (χ0n) is 9.79. The van der Waals surface area contributed by atoms with Crippen molar-refractivity contribution in [1.29, 1.82) is 0 Å². The maximum atomic E-state index is 11.5. The topological polar surface area (TPSA) is 37.3 Å². The summed E-state index contributed by atoms with van der Waals surface area (Å²) in [7, 11) is 0. The van der Waals surface area contributed by atoms with Gasteiger partial charge in [0.05, 0.1) is 0 Å². The summed E-state index contributed by atoms with van der Waals surface area (Å²) in [6.07, 6.45) is 4.47. The molecule has 0 saturated heterocycles. The second-order valence-corrected chi connectivity index (χ2v) is 5.59. The van der Waals surface area contributed by atoms with E-state index in [0.29, 0.717) is 17.9 Å². The summed E-state index contributed by atoms with van der Waals surface area (Å²) in [5, 5.41) is 10.5. The van der Waals surface area contributed by atoms with E-state index in [1.165, 1.54) is 12.5 Å². The number of hydrogen-bond acceptors (Lipinski definition) is 2. The molecule has 0 aromatic carbocycles. The second-order valence-electron chi connectivity index (χ2n) is 5.59. The van der Waals surface area contributed by atoms with E-state index in [4.69, 9.17) is 0 Å². The minimum atomic E-state index is -1.02. The van der Waals surface area contributed by atoms with Crippen LogP contribution < -0.4 is 0 Å². The predicted molar refractivity (Wildman–Crippen MR) is 59.4 cm³/mol. The van der Waals surface area contributed by atoms with Crippen molar-refractivity contribution in [2.45, 2.75) is 39.7 Å². The average Bonchev–Trinajstić information content (AvgIpc) is 1.97. The first-order chi connectivity index (χ1) is 6.76. The van der Waals surface area contributed by atoms with Gasteiger partial charge < -0.3 is 5.11 Å². The molecule has 0 heterocycles. The van der Waals surface area contributed by atoms with Crippen LogP contribution >= 0.6 is 0 Å². The van der Waals surface area contributed by atoms with Gasteiger partial charge in [-0.3, -0.25) is 4.79 Å². The second kappa shape index (κ2) is 2.82. The molecule has 0 amide bonds. The summed E-state index contributed by atoms with van der Waals surface area (Å²) >= 11 is 0. The SMILES string of the molecule is CC(=O)C1=C[C@H]2C(C)=C[C@]1(O)CC2(C)C. The van der Waals surface area contributed by atoms with Crippen LogP contribution in [0, 0.1) is 11.3 Å². The monoisotopic (exact) mass is 206 g/mol. The fourth-order valence-corrected chi connectivity index (χ4v) is 3.20. The summed E-state index contributed by atoms with van der Waals surface area (Å²) in [5.74, 6) is 0.284. The molecule has 1 N–H and O–H groups in total. The van der Waals surface area contributed by atoms with E-state index < -0.39 is 5.60 Å². The van der Waals surface area contributed by atoms with Crippen molar-refractivity contribution in [3.8, 4) is 0 Å². The van der Waals surface area contributed by atoms with Crippen LogP contribution in [0.2, 0.25) is 0 Å². The van der Waals surface area contributed by atoms with Crippen molar-refractivity contribution in [1.82, 2.24) is 0 Å². The number of carbonyl (C=O) groups excluding carboxylic acids is 1. The minimum Gasteiger partial charge on any atom is -0.381 e. The standard InChI is InChI=1S/C13H18O2/c1-8-6-13(15)7-12(3,4)10(8)5-11(13)9(2)14/h5-6,10,15H,7H2,1-4H3/t10-,13-/m0/s1. The number of fused-ring (bicyclic) bond motifs is 1. The number of rotatable bonds is 1. The highest BCUT2D eigenvalue weighted by atomic mass is 16.3. The molecule has 2 bridgehead atoms. The van der Waals surface area contributed by atoms with Gasteiger partial charge in [-0.15, -0.1) is 0 Å². The van der Waals surface area contributed by atoms with Gasteiger partial charge in [0.1, 0.15) is 5.60 Å². The molecule has 0 unspecified atom stereocenters. The van der Waals surface area contributed by atoms with Crippen LogP contribution in [0.15, 0.2) is 23.3 Å². The van der Waals surface area contributed by atoms with Gasteiger partial charge in [0, 0.05) is 11.5 Å². The number of aliphatic hydroxyl groups is 1. The third kappa shape index (κ3) is 1.39. The summed E-state index contributed by atoms with van der Waals surface area (Å²) in [5.41, 5.74) is 0.789. The van der Waals surface area contributed by atoms with Crippen molar-refractivity contribution in [2.75, 3.05) is 0 Å².